The Bertz CT molecular complexity index is 507. The normalized spacial score (nSPS) is 23.0. The van der Waals surface area contributed by atoms with Crippen molar-refractivity contribution in [2.24, 2.45) is 5.92 Å². The summed E-state index contributed by atoms with van der Waals surface area (Å²) in [6.07, 6.45) is 1.76. The van der Waals surface area contributed by atoms with Crippen LogP contribution in [0.25, 0.3) is 0 Å². The minimum absolute atomic E-state index is 0. The topological polar surface area (TPSA) is 41.6 Å². The minimum Gasteiger partial charge on any atom is -0.370 e. The van der Waals surface area contributed by atoms with Crippen LogP contribution in [0.1, 0.15) is 24.5 Å². The summed E-state index contributed by atoms with van der Waals surface area (Å²) in [6, 6.07) is 7.71. The lowest BCUT2D eigenvalue weighted by Crippen LogP contribution is -2.47. The van der Waals surface area contributed by atoms with Gasteiger partial charge in [-0.25, -0.2) is 0 Å². The number of carbonyl (C=O) groups is 1. The van der Waals surface area contributed by atoms with Crippen molar-refractivity contribution in [2.75, 3.05) is 32.8 Å². The van der Waals surface area contributed by atoms with Gasteiger partial charge in [0.1, 0.15) is 6.10 Å². The van der Waals surface area contributed by atoms with E-state index >= 15 is 0 Å². The minimum atomic E-state index is -0.113. The summed E-state index contributed by atoms with van der Waals surface area (Å²) in [4.78, 5) is 14.6. The molecule has 1 aromatic rings. The molecule has 2 fully saturated rings. The second-order valence-corrected chi connectivity index (χ2v) is 6.10. The molecule has 2 saturated heterocycles. The van der Waals surface area contributed by atoms with Crippen LogP contribution in [-0.4, -0.2) is 43.6 Å². The van der Waals surface area contributed by atoms with E-state index in [1.54, 1.807) is 0 Å². The van der Waals surface area contributed by atoms with Gasteiger partial charge in [0.2, 0.25) is 5.91 Å². The number of nitrogens with one attached hydrogen (secondary N) is 1. The summed E-state index contributed by atoms with van der Waals surface area (Å²) in [6.45, 7) is 3.74. The molecule has 0 aliphatic carbocycles. The summed E-state index contributed by atoms with van der Waals surface area (Å²) >= 11 is 6.24. The Labute approximate surface area is 142 Å². The van der Waals surface area contributed by atoms with E-state index in [0.717, 1.165) is 31.5 Å². The molecule has 0 saturated carbocycles. The number of hydrogen-bond acceptors (Lipinski definition) is 3. The summed E-state index contributed by atoms with van der Waals surface area (Å²) < 4.78 is 5.82. The third kappa shape index (κ3) is 3.93. The zero-order chi connectivity index (χ0) is 14.7. The molecule has 0 aromatic heterocycles. The van der Waals surface area contributed by atoms with Crippen LogP contribution in [0.3, 0.4) is 0 Å². The Morgan fingerprint density at radius 2 is 2.00 bits per heavy atom. The number of morpholine rings is 1. The molecule has 22 heavy (non-hydrogen) atoms. The van der Waals surface area contributed by atoms with Crippen LogP contribution in [0.15, 0.2) is 24.3 Å². The lowest BCUT2D eigenvalue weighted by atomic mass is 9.96. The van der Waals surface area contributed by atoms with Crippen molar-refractivity contribution in [1.29, 1.82) is 0 Å². The number of ether oxygens (including phenoxy) is 1. The number of piperidine rings is 1. The van der Waals surface area contributed by atoms with Crippen LogP contribution >= 0.6 is 24.0 Å². The van der Waals surface area contributed by atoms with E-state index in [1.165, 1.54) is 0 Å². The molecule has 0 spiro atoms. The van der Waals surface area contributed by atoms with Gasteiger partial charge in [-0.05, 0) is 32.0 Å². The molecule has 1 atom stereocenters. The Hall–Kier alpha value is -0.810. The van der Waals surface area contributed by atoms with Crippen LogP contribution in [0.4, 0.5) is 0 Å². The number of rotatable bonds is 2. The van der Waals surface area contributed by atoms with Gasteiger partial charge >= 0.3 is 0 Å². The van der Waals surface area contributed by atoms with Crippen molar-refractivity contribution < 1.29 is 9.53 Å². The van der Waals surface area contributed by atoms with Crippen LogP contribution in [0.5, 0.6) is 0 Å². The first-order chi connectivity index (χ1) is 10.3. The van der Waals surface area contributed by atoms with Crippen LogP contribution in [-0.2, 0) is 9.53 Å². The van der Waals surface area contributed by atoms with Gasteiger partial charge in [-0.1, -0.05) is 29.8 Å². The van der Waals surface area contributed by atoms with Crippen molar-refractivity contribution in [2.45, 2.75) is 18.9 Å². The second kappa shape index (κ2) is 8.16. The third-order valence-electron chi connectivity index (χ3n) is 4.32. The van der Waals surface area contributed by atoms with E-state index in [9.17, 15) is 4.79 Å². The van der Waals surface area contributed by atoms with E-state index in [1.807, 2.05) is 29.2 Å². The van der Waals surface area contributed by atoms with Gasteiger partial charge < -0.3 is 15.0 Å². The SMILES string of the molecule is Cl.O=C(C1CCNCC1)N1CCOC(c2ccccc2Cl)C1. The lowest BCUT2D eigenvalue weighted by Gasteiger charge is -2.36. The van der Waals surface area contributed by atoms with Gasteiger partial charge in [0.05, 0.1) is 13.2 Å². The standard InChI is InChI=1S/C16H21ClN2O2.ClH/c17-14-4-2-1-3-13(14)15-11-19(9-10-21-15)16(20)12-5-7-18-8-6-12;/h1-4,12,15,18H,5-11H2;1H. The summed E-state index contributed by atoms with van der Waals surface area (Å²) in [5.74, 6) is 0.438. The number of nitrogens with zero attached hydrogens (tertiary/aromatic N) is 1. The molecule has 4 nitrogen and oxygen atoms in total. The molecule has 6 heteroatoms. The molecule has 2 heterocycles. The van der Waals surface area contributed by atoms with Crippen LogP contribution < -0.4 is 5.32 Å². The quantitative estimate of drug-likeness (QED) is 0.896. The fourth-order valence-electron chi connectivity index (χ4n) is 3.10. The second-order valence-electron chi connectivity index (χ2n) is 5.69. The van der Waals surface area contributed by atoms with Crippen molar-refractivity contribution in [3.8, 4) is 0 Å². The zero-order valence-corrected chi connectivity index (χ0v) is 14.0. The van der Waals surface area contributed by atoms with Gasteiger partial charge in [-0.15, -0.1) is 12.4 Å². The largest absolute Gasteiger partial charge is 0.370 e. The molecule has 1 amide bonds. The van der Waals surface area contributed by atoms with E-state index in [-0.39, 0.29) is 30.3 Å². The number of carbonyl (C=O) groups excluding carboxylic acids is 1. The first-order valence-corrected chi connectivity index (χ1v) is 7.99. The molecule has 3 rings (SSSR count). The van der Waals surface area contributed by atoms with Gasteiger partial charge in [0.25, 0.3) is 0 Å². The average molecular weight is 345 g/mol. The van der Waals surface area contributed by atoms with E-state index in [2.05, 4.69) is 5.32 Å². The molecule has 122 valence electrons. The first-order valence-electron chi connectivity index (χ1n) is 7.61. The van der Waals surface area contributed by atoms with Crippen molar-refractivity contribution in [3.63, 3.8) is 0 Å². The maximum Gasteiger partial charge on any atom is 0.225 e. The van der Waals surface area contributed by atoms with Crippen LogP contribution in [0, 0.1) is 5.92 Å². The predicted octanol–water partition coefficient (Wildman–Crippen LogP) is 2.66. The fraction of sp³-hybridized carbons (Fsp3) is 0.562. The average Bonchev–Trinajstić information content (AvgIpc) is 2.55. The Balaban J connectivity index is 0.00000176. The first kappa shape index (κ1) is 17.5. The molecule has 2 aliphatic heterocycles. The highest BCUT2D eigenvalue weighted by atomic mass is 35.5. The molecule has 1 aromatic carbocycles. The van der Waals surface area contributed by atoms with Crippen molar-refractivity contribution in [3.05, 3.63) is 34.9 Å². The maximum absolute atomic E-state index is 12.6. The Morgan fingerprint density at radius 1 is 1.27 bits per heavy atom. The van der Waals surface area contributed by atoms with Crippen molar-refractivity contribution in [1.82, 2.24) is 10.2 Å². The smallest absolute Gasteiger partial charge is 0.225 e. The number of benzene rings is 1. The monoisotopic (exact) mass is 344 g/mol. The highest BCUT2D eigenvalue weighted by Crippen LogP contribution is 2.29. The number of amides is 1. The molecule has 1 N–H and O–H groups in total. The molecular weight excluding hydrogens is 323 g/mol. The molecule has 2 aliphatic rings. The van der Waals surface area contributed by atoms with E-state index in [4.69, 9.17) is 16.3 Å². The van der Waals surface area contributed by atoms with Gasteiger partial charge in [0.15, 0.2) is 0 Å². The lowest BCUT2D eigenvalue weighted by molar-refractivity contribution is -0.144. The molecule has 0 bridgehead atoms. The van der Waals surface area contributed by atoms with E-state index in [0.29, 0.717) is 24.7 Å². The highest BCUT2D eigenvalue weighted by Gasteiger charge is 2.31. The summed E-state index contributed by atoms with van der Waals surface area (Å²) in [5.41, 5.74) is 0.974. The fourth-order valence-corrected chi connectivity index (χ4v) is 3.36. The van der Waals surface area contributed by atoms with E-state index < -0.39 is 0 Å². The van der Waals surface area contributed by atoms with Crippen molar-refractivity contribution >= 4 is 29.9 Å². The van der Waals surface area contributed by atoms with Gasteiger partial charge in [-0.3, -0.25) is 4.79 Å². The molecule has 1 unspecified atom stereocenters. The van der Waals surface area contributed by atoms with Crippen LogP contribution in [0.2, 0.25) is 5.02 Å². The van der Waals surface area contributed by atoms with Gasteiger partial charge in [-0.2, -0.15) is 0 Å². The maximum atomic E-state index is 12.6. The predicted molar refractivity (Wildman–Crippen MR) is 89.6 cm³/mol. The number of hydrogen-bond donors (Lipinski definition) is 1. The number of halogens is 2. The molecule has 0 radical (unpaired) electrons. The third-order valence-corrected chi connectivity index (χ3v) is 4.66. The summed E-state index contributed by atoms with van der Waals surface area (Å²) in [5, 5.41) is 4.01. The molecular formula is C16H22Cl2N2O2. The summed E-state index contributed by atoms with van der Waals surface area (Å²) in [7, 11) is 0. The Morgan fingerprint density at radius 3 is 2.73 bits per heavy atom. The van der Waals surface area contributed by atoms with Gasteiger partial charge in [0, 0.05) is 23.0 Å². The highest BCUT2D eigenvalue weighted by molar-refractivity contribution is 6.31. The zero-order valence-electron chi connectivity index (χ0n) is 12.5. The Kier molecular flexibility index (Phi) is 6.50.